The summed E-state index contributed by atoms with van der Waals surface area (Å²) in [5, 5.41) is 3.40. The zero-order valence-corrected chi connectivity index (χ0v) is 18.7. The lowest BCUT2D eigenvalue weighted by Gasteiger charge is -2.27. The molecule has 6 nitrogen and oxygen atoms in total. The number of rotatable bonds is 8. The first-order valence-electron chi connectivity index (χ1n) is 9.92. The van der Waals surface area contributed by atoms with Crippen molar-refractivity contribution < 1.29 is 19.1 Å². The molecule has 2 aromatic rings. The number of ether oxygens (including phenoxy) is 2. The summed E-state index contributed by atoms with van der Waals surface area (Å²) in [4.78, 5) is 26.4. The smallest absolute Gasteiger partial charge is 0.410 e. The third-order valence-electron chi connectivity index (χ3n) is 4.11. The highest BCUT2D eigenvalue weighted by Gasteiger charge is 2.22. The number of nitrogens with one attached hydrogen (secondary N) is 1. The first-order chi connectivity index (χ1) is 14.2. The van der Waals surface area contributed by atoms with Crippen LogP contribution in [0.2, 0.25) is 5.02 Å². The molecule has 0 radical (unpaired) electrons. The van der Waals surface area contributed by atoms with Crippen molar-refractivity contribution in [2.75, 3.05) is 18.5 Å². The van der Waals surface area contributed by atoms with Gasteiger partial charge in [0.2, 0.25) is 5.91 Å². The van der Waals surface area contributed by atoms with E-state index in [2.05, 4.69) is 5.32 Å². The number of carbonyl (C=O) groups is 2. The Morgan fingerprint density at radius 2 is 1.73 bits per heavy atom. The molecule has 0 aliphatic heterocycles. The molecule has 0 saturated heterocycles. The van der Waals surface area contributed by atoms with Crippen LogP contribution in [-0.2, 0) is 16.1 Å². The molecular formula is C23H29ClN2O4. The zero-order valence-electron chi connectivity index (χ0n) is 17.9. The van der Waals surface area contributed by atoms with E-state index in [1.807, 2.05) is 64.1 Å². The summed E-state index contributed by atoms with van der Waals surface area (Å²) >= 11 is 6.05. The molecule has 162 valence electrons. The summed E-state index contributed by atoms with van der Waals surface area (Å²) in [7, 11) is 0. The van der Waals surface area contributed by atoms with Crippen LogP contribution >= 0.6 is 11.6 Å². The highest BCUT2D eigenvalue weighted by molar-refractivity contribution is 6.32. The van der Waals surface area contributed by atoms with Crippen LogP contribution < -0.4 is 10.1 Å². The SMILES string of the molecule is CCN(Cc1ccccc1NC(=O)CCOc1ccccc1Cl)C(=O)OC(C)(C)C. The molecular weight excluding hydrogens is 404 g/mol. The molecule has 30 heavy (non-hydrogen) atoms. The van der Waals surface area contributed by atoms with Gasteiger partial charge in [-0.1, -0.05) is 41.9 Å². The third-order valence-corrected chi connectivity index (χ3v) is 4.42. The first-order valence-corrected chi connectivity index (χ1v) is 10.3. The second kappa shape index (κ2) is 10.9. The fraction of sp³-hybridized carbons (Fsp3) is 0.391. The molecule has 0 aliphatic carbocycles. The number of benzene rings is 2. The maximum Gasteiger partial charge on any atom is 0.410 e. The van der Waals surface area contributed by atoms with Crippen LogP contribution in [0.3, 0.4) is 0 Å². The second-order valence-electron chi connectivity index (χ2n) is 7.73. The van der Waals surface area contributed by atoms with Gasteiger partial charge in [0, 0.05) is 12.2 Å². The van der Waals surface area contributed by atoms with Crippen molar-refractivity contribution in [3.8, 4) is 5.75 Å². The average Bonchev–Trinajstić information content (AvgIpc) is 2.67. The molecule has 2 aromatic carbocycles. The van der Waals surface area contributed by atoms with Crippen LogP contribution in [0.5, 0.6) is 5.75 Å². The lowest BCUT2D eigenvalue weighted by atomic mass is 10.1. The van der Waals surface area contributed by atoms with Gasteiger partial charge in [-0.05, 0) is 51.5 Å². The number of nitrogens with zero attached hydrogens (tertiary/aromatic N) is 1. The minimum absolute atomic E-state index is 0.170. The van der Waals surface area contributed by atoms with E-state index in [0.717, 1.165) is 5.56 Å². The molecule has 0 saturated carbocycles. The Kier molecular flexibility index (Phi) is 8.54. The predicted octanol–water partition coefficient (Wildman–Crippen LogP) is 5.50. The molecule has 0 spiro atoms. The lowest BCUT2D eigenvalue weighted by molar-refractivity contribution is -0.116. The Labute approximate surface area is 183 Å². The van der Waals surface area contributed by atoms with Crippen molar-refractivity contribution in [1.82, 2.24) is 4.90 Å². The third kappa shape index (κ3) is 7.59. The topological polar surface area (TPSA) is 67.9 Å². The summed E-state index contributed by atoms with van der Waals surface area (Å²) in [6.45, 7) is 8.40. The average molecular weight is 433 g/mol. The monoisotopic (exact) mass is 432 g/mol. The van der Waals surface area contributed by atoms with Gasteiger partial charge in [0.15, 0.2) is 0 Å². The lowest BCUT2D eigenvalue weighted by Crippen LogP contribution is -2.36. The van der Waals surface area contributed by atoms with E-state index in [-0.39, 0.29) is 25.0 Å². The number of hydrogen-bond acceptors (Lipinski definition) is 4. The van der Waals surface area contributed by atoms with Crippen LogP contribution in [0.15, 0.2) is 48.5 Å². The molecule has 0 aliphatic rings. The Morgan fingerprint density at radius 3 is 2.40 bits per heavy atom. The van der Waals surface area contributed by atoms with Crippen LogP contribution in [0.4, 0.5) is 10.5 Å². The molecule has 2 amide bonds. The van der Waals surface area contributed by atoms with Crippen molar-refractivity contribution in [3.05, 3.63) is 59.1 Å². The molecule has 0 fully saturated rings. The van der Waals surface area contributed by atoms with Gasteiger partial charge in [-0.2, -0.15) is 0 Å². The van der Waals surface area contributed by atoms with E-state index in [1.54, 1.807) is 17.0 Å². The second-order valence-corrected chi connectivity index (χ2v) is 8.14. The highest BCUT2D eigenvalue weighted by atomic mass is 35.5. The molecule has 0 heterocycles. The van der Waals surface area contributed by atoms with E-state index in [9.17, 15) is 9.59 Å². The maximum atomic E-state index is 12.4. The van der Waals surface area contributed by atoms with Gasteiger partial charge in [-0.3, -0.25) is 4.79 Å². The van der Waals surface area contributed by atoms with Crippen molar-refractivity contribution in [2.24, 2.45) is 0 Å². The van der Waals surface area contributed by atoms with Gasteiger partial charge in [0.1, 0.15) is 11.4 Å². The van der Waals surface area contributed by atoms with Crippen molar-refractivity contribution in [3.63, 3.8) is 0 Å². The number of carbonyl (C=O) groups excluding carboxylic acids is 2. The van der Waals surface area contributed by atoms with Crippen LogP contribution in [0.25, 0.3) is 0 Å². The molecule has 0 atom stereocenters. The highest BCUT2D eigenvalue weighted by Crippen LogP contribution is 2.23. The maximum absolute atomic E-state index is 12.4. The van der Waals surface area contributed by atoms with Gasteiger partial charge < -0.3 is 19.7 Å². The summed E-state index contributed by atoms with van der Waals surface area (Å²) in [5.41, 5.74) is 0.910. The largest absolute Gasteiger partial charge is 0.491 e. The van der Waals surface area contributed by atoms with Crippen molar-refractivity contribution in [1.29, 1.82) is 0 Å². The molecule has 7 heteroatoms. The first kappa shape index (κ1) is 23.5. The van der Waals surface area contributed by atoms with E-state index in [1.165, 1.54) is 0 Å². The summed E-state index contributed by atoms with van der Waals surface area (Å²) < 4.78 is 11.0. The number of halogens is 1. The normalized spacial score (nSPS) is 11.0. The van der Waals surface area contributed by atoms with Gasteiger partial charge in [-0.25, -0.2) is 4.79 Å². The summed E-state index contributed by atoms with van der Waals surface area (Å²) in [6, 6.07) is 14.5. The molecule has 0 bridgehead atoms. The summed E-state index contributed by atoms with van der Waals surface area (Å²) in [6.07, 6.45) is -0.220. The Morgan fingerprint density at radius 1 is 1.07 bits per heavy atom. The summed E-state index contributed by atoms with van der Waals surface area (Å²) in [5.74, 6) is 0.359. The van der Waals surface area contributed by atoms with Crippen LogP contribution in [0.1, 0.15) is 39.7 Å². The quantitative estimate of drug-likeness (QED) is 0.597. The van der Waals surface area contributed by atoms with E-state index < -0.39 is 5.60 Å². The number of anilines is 1. The number of hydrogen-bond donors (Lipinski definition) is 1. The minimum atomic E-state index is -0.570. The Bertz CT molecular complexity index is 864. The van der Waals surface area contributed by atoms with Gasteiger partial charge in [-0.15, -0.1) is 0 Å². The standard InChI is InChI=1S/C23H29ClN2O4/c1-5-26(22(28)30-23(2,3)4)16-17-10-6-8-12-19(17)25-21(27)14-15-29-20-13-9-7-11-18(20)24/h6-13H,5,14-16H2,1-4H3,(H,25,27). The molecule has 2 rings (SSSR count). The Hall–Kier alpha value is -2.73. The van der Waals surface area contributed by atoms with Crippen LogP contribution in [-0.4, -0.2) is 35.7 Å². The van der Waals surface area contributed by atoms with Gasteiger partial charge in [0.05, 0.1) is 24.6 Å². The molecule has 1 N–H and O–H groups in total. The molecule has 0 aromatic heterocycles. The fourth-order valence-corrected chi connectivity index (χ4v) is 2.84. The van der Waals surface area contributed by atoms with Crippen molar-refractivity contribution >= 4 is 29.3 Å². The van der Waals surface area contributed by atoms with Crippen LogP contribution in [0, 0.1) is 0 Å². The number of para-hydroxylation sites is 2. The predicted molar refractivity (Wildman–Crippen MR) is 119 cm³/mol. The van der Waals surface area contributed by atoms with Gasteiger partial charge >= 0.3 is 6.09 Å². The van der Waals surface area contributed by atoms with Crippen molar-refractivity contribution in [2.45, 2.75) is 46.3 Å². The minimum Gasteiger partial charge on any atom is -0.491 e. The zero-order chi connectivity index (χ0) is 22.1. The van der Waals surface area contributed by atoms with Gasteiger partial charge in [0.25, 0.3) is 0 Å². The van der Waals surface area contributed by atoms with E-state index >= 15 is 0 Å². The Balaban J connectivity index is 1.96. The van der Waals surface area contributed by atoms with E-state index in [4.69, 9.17) is 21.1 Å². The molecule has 0 unspecified atom stereocenters. The fourth-order valence-electron chi connectivity index (χ4n) is 2.65. The number of amides is 2. The van der Waals surface area contributed by atoms with E-state index in [0.29, 0.717) is 29.5 Å².